The maximum absolute atomic E-state index is 9.70. The number of aryl methyl sites for hydroxylation is 1. The summed E-state index contributed by atoms with van der Waals surface area (Å²) in [5.41, 5.74) is 0.787. The van der Waals surface area contributed by atoms with Crippen molar-refractivity contribution in [1.29, 1.82) is 5.26 Å². The first-order valence-electron chi connectivity index (χ1n) is 6.73. The fourth-order valence-electron chi connectivity index (χ4n) is 1.95. The Balaban J connectivity index is 2.32. The van der Waals surface area contributed by atoms with E-state index in [1.165, 1.54) is 0 Å². The molecule has 100 valence electrons. The molecule has 1 atom stereocenters. The maximum atomic E-state index is 9.70. The minimum Gasteiger partial charge on any atom is -0.388 e. The Labute approximate surface area is 110 Å². The molecular weight excluding hydrogens is 224 g/mol. The van der Waals surface area contributed by atoms with Crippen LogP contribution in [0.3, 0.4) is 0 Å². The Kier molecular flexibility index (Phi) is 5.43. The van der Waals surface area contributed by atoms with Gasteiger partial charge in [-0.1, -0.05) is 13.3 Å². The van der Waals surface area contributed by atoms with Gasteiger partial charge in [-0.2, -0.15) is 5.26 Å². The smallest absolute Gasteiger partial charge is 0.0802 e. The van der Waals surface area contributed by atoms with Gasteiger partial charge < -0.3 is 9.67 Å². The van der Waals surface area contributed by atoms with Crippen LogP contribution < -0.4 is 0 Å². The highest BCUT2D eigenvalue weighted by Gasteiger charge is 2.15. The summed E-state index contributed by atoms with van der Waals surface area (Å²) in [4.78, 5) is 0. The van der Waals surface area contributed by atoms with Crippen molar-refractivity contribution in [3.05, 3.63) is 24.0 Å². The lowest BCUT2D eigenvalue weighted by atomic mass is 9.89. The van der Waals surface area contributed by atoms with Crippen molar-refractivity contribution in [2.24, 2.45) is 5.41 Å². The number of hydrogen-bond acceptors (Lipinski definition) is 2. The third-order valence-corrected chi connectivity index (χ3v) is 3.32. The summed E-state index contributed by atoms with van der Waals surface area (Å²) in [5, 5.41) is 18.6. The zero-order valence-electron chi connectivity index (χ0n) is 11.7. The first kappa shape index (κ1) is 14.8. The molecule has 0 bridgehead atoms. The van der Waals surface area contributed by atoms with E-state index in [0.29, 0.717) is 0 Å². The standard InChI is InChI=1S/C15H24N2O/c1-4-14(18)13-7-10-17(11-13)9-6-5-8-15(2,3)12-16/h7,10-11,14,18H,4-6,8-9H2,1-3H3. The molecule has 1 rings (SSSR count). The minimum absolute atomic E-state index is 0.208. The van der Waals surface area contributed by atoms with E-state index in [0.717, 1.165) is 37.8 Å². The second-order valence-corrected chi connectivity index (χ2v) is 5.56. The maximum Gasteiger partial charge on any atom is 0.0802 e. The predicted molar refractivity (Wildman–Crippen MR) is 72.9 cm³/mol. The molecule has 0 amide bonds. The first-order chi connectivity index (χ1) is 8.48. The van der Waals surface area contributed by atoms with Crippen LogP contribution in [0, 0.1) is 16.7 Å². The fourth-order valence-corrected chi connectivity index (χ4v) is 1.95. The summed E-state index contributed by atoms with van der Waals surface area (Å²) < 4.78 is 2.12. The molecule has 0 saturated carbocycles. The third-order valence-electron chi connectivity index (χ3n) is 3.32. The van der Waals surface area contributed by atoms with Gasteiger partial charge >= 0.3 is 0 Å². The molecule has 0 aromatic carbocycles. The summed E-state index contributed by atoms with van der Waals surface area (Å²) in [7, 11) is 0. The van der Waals surface area contributed by atoms with Gasteiger partial charge in [0, 0.05) is 18.9 Å². The van der Waals surface area contributed by atoms with Crippen LogP contribution in [0.25, 0.3) is 0 Å². The lowest BCUT2D eigenvalue weighted by Gasteiger charge is -2.14. The SMILES string of the molecule is CCC(O)c1ccn(CCCCC(C)(C)C#N)c1. The Bertz CT molecular complexity index is 401. The molecule has 1 aromatic heterocycles. The van der Waals surface area contributed by atoms with Gasteiger partial charge in [0.25, 0.3) is 0 Å². The molecule has 0 fully saturated rings. The molecule has 18 heavy (non-hydrogen) atoms. The van der Waals surface area contributed by atoms with Gasteiger partial charge in [-0.3, -0.25) is 0 Å². The minimum atomic E-state index is -0.344. The van der Waals surface area contributed by atoms with Gasteiger partial charge in [0.05, 0.1) is 17.6 Å². The summed E-state index contributed by atoms with van der Waals surface area (Å²) in [6.45, 7) is 6.90. The number of nitrogens with zero attached hydrogens (tertiary/aromatic N) is 2. The Morgan fingerprint density at radius 3 is 2.78 bits per heavy atom. The van der Waals surface area contributed by atoms with E-state index in [2.05, 4.69) is 10.6 Å². The summed E-state index contributed by atoms with van der Waals surface area (Å²) >= 11 is 0. The second-order valence-electron chi connectivity index (χ2n) is 5.56. The van der Waals surface area contributed by atoms with Gasteiger partial charge in [0.2, 0.25) is 0 Å². The monoisotopic (exact) mass is 248 g/mol. The molecule has 1 unspecified atom stereocenters. The Hall–Kier alpha value is -1.27. The van der Waals surface area contributed by atoms with Crippen LogP contribution in [0.15, 0.2) is 18.5 Å². The molecule has 3 heteroatoms. The lowest BCUT2D eigenvalue weighted by molar-refractivity contribution is 0.173. The highest BCUT2D eigenvalue weighted by Crippen LogP contribution is 2.22. The van der Waals surface area contributed by atoms with Crippen molar-refractivity contribution < 1.29 is 5.11 Å². The second kappa shape index (κ2) is 6.61. The zero-order valence-corrected chi connectivity index (χ0v) is 11.7. The van der Waals surface area contributed by atoms with Crippen LogP contribution in [0.4, 0.5) is 0 Å². The van der Waals surface area contributed by atoms with Gasteiger partial charge in [-0.25, -0.2) is 0 Å². The van der Waals surface area contributed by atoms with E-state index in [1.807, 2.05) is 39.2 Å². The van der Waals surface area contributed by atoms with Crippen LogP contribution >= 0.6 is 0 Å². The lowest BCUT2D eigenvalue weighted by Crippen LogP contribution is -2.07. The number of aliphatic hydroxyl groups excluding tert-OH is 1. The number of aliphatic hydroxyl groups is 1. The molecule has 1 N–H and O–H groups in total. The van der Waals surface area contributed by atoms with Gasteiger partial charge in [-0.15, -0.1) is 0 Å². The molecule has 0 radical (unpaired) electrons. The normalized spacial score (nSPS) is 13.3. The van der Waals surface area contributed by atoms with E-state index >= 15 is 0 Å². The highest BCUT2D eigenvalue weighted by atomic mass is 16.3. The van der Waals surface area contributed by atoms with Crippen molar-refractivity contribution in [3.8, 4) is 6.07 Å². The molecule has 0 aliphatic rings. The molecule has 1 heterocycles. The van der Waals surface area contributed by atoms with Crippen LogP contribution in [0.2, 0.25) is 0 Å². The quantitative estimate of drug-likeness (QED) is 0.749. The molecule has 0 aliphatic heterocycles. The molecule has 1 aromatic rings. The van der Waals surface area contributed by atoms with Gasteiger partial charge in [0.1, 0.15) is 0 Å². The van der Waals surface area contributed by atoms with E-state index in [4.69, 9.17) is 5.26 Å². The van der Waals surface area contributed by atoms with Gasteiger partial charge in [-0.05, 0) is 44.7 Å². The van der Waals surface area contributed by atoms with E-state index < -0.39 is 0 Å². The van der Waals surface area contributed by atoms with Crippen LogP contribution in [0.1, 0.15) is 58.1 Å². The fraction of sp³-hybridized carbons (Fsp3) is 0.667. The van der Waals surface area contributed by atoms with Crippen LogP contribution in [0.5, 0.6) is 0 Å². The summed E-state index contributed by atoms with van der Waals surface area (Å²) in [6, 6.07) is 4.31. The topological polar surface area (TPSA) is 49.0 Å². The number of aromatic nitrogens is 1. The average Bonchev–Trinajstić information content (AvgIpc) is 2.82. The molecule has 0 saturated heterocycles. The zero-order chi connectivity index (χ0) is 13.6. The Morgan fingerprint density at radius 2 is 2.17 bits per heavy atom. The number of hydrogen-bond donors (Lipinski definition) is 1. The van der Waals surface area contributed by atoms with Gasteiger partial charge in [0.15, 0.2) is 0 Å². The number of rotatable bonds is 7. The largest absolute Gasteiger partial charge is 0.388 e. The molecule has 3 nitrogen and oxygen atoms in total. The number of unbranched alkanes of at least 4 members (excludes halogenated alkanes) is 1. The molecule has 0 aliphatic carbocycles. The highest BCUT2D eigenvalue weighted by molar-refractivity contribution is 5.13. The Morgan fingerprint density at radius 1 is 1.44 bits per heavy atom. The van der Waals surface area contributed by atoms with Crippen molar-refractivity contribution in [2.75, 3.05) is 0 Å². The average molecular weight is 248 g/mol. The van der Waals surface area contributed by atoms with E-state index in [9.17, 15) is 5.11 Å². The van der Waals surface area contributed by atoms with Crippen molar-refractivity contribution in [3.63, 3.8) is 0 Å². The number of nitriles is 1. The summed E-state index contributed by atoms with van der Waals surface area (Å²) in [6.07, 6.45) is 7.51. The van der Waals surface area contributed by atoms with Crippen LogP contribution in [-0.2, 0) is 6.54 Å². The summed E-state index contributed by atoms with van der Waals surface area (Å²) in [5.74, 6) is 0. The van der Waals surface area contributed by atoms with Crippen molar-refractivity contribution in [1.82, 2.24) is 4.57 Å². The van der Waals surface area contributed by atoms with Crippen LogP contribution in [-0.4, -0.2) is 9.67 Å². The van der Waals surface area contributed by atoms with Crippen molar-refractivity contribution >= 4 is 0 Å². The van der Waals surface area contributed by atoms with E-state index in [-0.39, 0.29) is 11.5 Å². The molecular formula is C15H24N2O. The van der Waals surface area contributed by atoms with Crippen molar-refractivity contribution in [2.45, 2.75) is 59.1 Å². The first-order valence-corrected chi connectivity index (χ1v) is 6.73. The predicted octanol–water partition coefficient (Wildman–Crippen LogP) is 3.65. The molecule has 0 spiro atoms. The third kappa shape index (κ3) is 4.54. The van der Waals surface area contributed by atoms with E-state index in [1.54, 1.807) is 0 Å².